The summed E-state index contributed by atoms with van der Waals surface area (Å²) in [5.74, 6) is 0.555. The third-order valence-electron chi connectivity index (χ3n) is 2.02. The maximum atomic E-state index is 5.98. The molecule has 0 bridgehead atoms. The number of hydrazone groups is 1. The number of ether oxygens (including phenoxy) is 1. The van der Waals surface area contributed by atoms with Gasteiger partial charge in [0.25, 0.3) is 0 Å². The Hall–Kier alpha value is -1.40. The molecule has 0 unspecified atom stereocenters. The van der Waals surface area contributed by atoms with E-state index < -0.39 is 0 Å². The molecule has 2 rings (SSSR count). The number of pyridine rings is 1. The van der Waals surface area contributed by atoms with Gasteiger partial charge in [0, 0.05) is 12.6 Å². The molecule has 3 N–H and O–H groups in total. The highest BCUT2D eigenvalue weighted by atomic mass is 35.5. The van der Waals surface area contributed by atoms with E-state index in [1.807, 2.05) is 0 Å². The average Bonchev–Trinajstić information content (AvgIpc) is 2.27. The van der Waals surface area contributed by atoms with Gasteiger partial charge in [0.1, 0.15) is 5.69 Å². The van der Waals surface area contributed by atoms with Crippen LogP contribution in [0.25, 0.3) is 0 Å². The first kappa shape index (κ1) is 11.1. The molecule has 7 heteroatoms. The van der Waals surface area contributed by atoms with Gasteiger partial charge in [-0.1, -0.05) is 11.6 Å². The second-order valence-corrected chi connectivity index (χ2v) is 3.95. The van der Waals surface area contributed by atoms with Gasteiger partial charge in [-0.3, -0.25) is 10.4 Å². The molecule has 0 aliphatic carbocycles. The van der Waals surface area contributed by atoms with E-state index >= 15 is 0 Å². The lowest BCUT2D eigenvalue weighted by Crippen LogP contribution is -2.27. The molecular weight excluding hydrogens is 248 g/mol. The molecule has 0 aromatic carbocycles. The number of nitrogens with one attached hydrogen (secondary N) is 1. The zero-order valence-corrected chi connectivity index (χ0v) is 9.81. The van der Waals surface area contributed by atoms with Gasteiger partial charge < -0.3 is 10.5 Å². The number of aromatic nitrogens is 1. The van der Waals surface area contributed by atoms with E-state index in [1.165, 1.54) is 0 Å². The second kappa shape index (κ2) is 4.63. The lowest BCUT2D eigenvalue weighted by molar-refractivity contribution is 0.318. The van der Waals surface area contributed by atoms with Crippen LogP contribution in [0, 0.1) is 0 Å². The summed E-state index contributed by atoms with van der Waals surface area (Å²) in [7, 11) is 0. The number of hydrogen-bond acceptors (Lipinski definition) is 4. The molecule has 1 aromatic heterocycles. The van der Waals surface area contributed by atoms with Crippen molar-refractivity contribution in [1.82, 2.24) is 10.4 Å². The maximum Gasteiger partial charge on any atom is 0.184 e. The predicted octanol–water partition coefficient (Wildman–Crippen LogP) is 1.05. The summed E-state index contributed by atoms with van der Waals surface area (Å²) in [6, 6.07) is 1.67. The molecule has 0 saturated carbocycles. The van der Waals surface area contributed by atoms with Crippen molar-refractivity contribution >= 4 is 34.6 Å². The number of nitrogens with zero attached hydrogens (tertiary/aromatic N) is 2. The van der Waals surface area contributed by atoms with E-state index in [0.29, 0.717) is 29.5 Å². The van der Waals surface area contributed by atoms with Crippen molar-refractivity contribution in [2.24, 2.45) is 10.8 Å². The van der Waals surface area contributed by atoms with Crippen molar-refractivity contribution in [2.75, 3.05) is 6.61 Å². The first-order valence-electron chi connectivity index (χ1n) is 4.58. The van der Waals surface area contributed by atoms with Crippen molar-refractivity contribution in [2.45, 2.75) is 6.42 Å². The number of halogens is 1. The van der Waals surface area contributed by atoms with E-state index in [-0.39, 0.29) is 5.11 Å². The van der Waals surface area contributed by atoms with Crippen LogP contribution in [-0.2, 0) is 0 Å². The Morgan fingerprint density at radius 2 is 2.50 bits per heavy atom. The van der Waals surface area contributed by atoms with Gasteiger partial charge >= 0.3 is 0 Å². The summed E-state index contributed by atoms with van der Waals surface area (Å²) >= 11 is 10.6. The molecule has 2 heterocycles. The molecule has 0 fully saturated rings. The number of fused-ring (bicyclic) bond motifs is 1. The lowest BCUT2D eigenvalue weighted by Gasteiger charge is -2.18. The fraction of sp³-hybridized carbons (Fsp3) is 0.222. The van der Waals surface area contributed by atoms with E-state index in [9.17, 15) is 0 Å². The summed E-state index contributed by atoms with van der Waals surface area (Å²) < 4.78 is 5.42. The van der Waals surface area contributed by atoms with E-state index in [4.69, 9.17) is 22.1 Å². The molecule has 84 valence electrons. The van der Waals surface area contributed by atoms with Crippen LogP contribution in [0.1, 0.15) is 12.1 Å². The standard InChI is InChI=1S/C9H9ClN4OS/c10-5-1-3-12-7-6(13-14-9(11)16)2-4-15-8(5)7/h1,3H,2,4H2,(H3,11,14,16)/b13-6-. The molecule has 0 amide bonds. The van der Waals surface area contributed by atoms with Gasteiger partial charge in [0.2, 0.25) is 0 Å². The molecule has 0 spiro atoms. The van der Waals surface area contributed by atoms with Crippen molar-refractivity contribution < 1.29 is 4.74 Å². The first-order chi connectivity index (χ1) is 7.68. The third-order valence-corrected chi connectivity index (χ3v) is 2.41. The highest BCUT2D eigenvalue weighted by molar-refractivity contribution is 7.80. The molecule has 1 aliphatic heterocycles. The zero-order chi connectivity index (χ0) is 11.5. The van der Waals surface area contributed by atoms with Crippen molar-refractivity contribution in [3.63, 3.8) is 0 Å². The Balaban J connectivity index is 2.37. The highest BCUT2D eigenvalue weighted by Crippen LogP contribution is 2.30. The number of thiocarbonyl (C=S) groups is 1. The minimum Gasteiger partial charge on any atom is -0.489 e. The molecular formula is C9H9ClN4OS. The van der Waals surface area contributed by atoms with Crippen LogP contribution in [0.15, 0.2) is 17.4 Å². The van der Waals surface area contributed by atoms with Gasteiger partial charge in [0.15, 0.2) is 10.9 Å². The van der Waals surface area contributed by atoms with E-state index in [0.717, 1.165) is 5.71 Å². The maximum absolute atomic E-state index is 5.98. The smallest absolute Gasteiger partial charge is 0.184 e. The lowest BCUT2D eigenvalue weighted by atomic mass is 10.1. The SMILES string of the molecule is NC(=S)N/N=C1/CCOc2c(Cl)ccnc21. The molecule has 16 heavy (non-hydrogen) atoms. The minimum absolute atomic E-state index is 0.113. The number of hydrogen-bond donors (Lipinski definition) is 2. The number of rotatable bonds is 1. The van der Waals surface area contributed by atoms with Crippen LogP contribution in [-0.4, -0.2) is 22.4 Å². The van der Waals surface area contributed by atoms with Crippen molar-refractivity contribution in [3.8, 4) is 5.75 Å². The summed E-state index contributed by atoms with van der Waals surface area (Å²) in [5.41, 5.74) is 9.19. The van der Waals surface area contributed by atoms with Gasteiger partial charge in [-0.2, -0.15) is 5.10 Å². The molecule has 0 radical (unpaired) electrons. The van der Waals surface area contributed by atoms with E-state index in [1.54, 1.807) is 12.3 Å². The summed E-state index contributed by atoms with van der Waals surface area (Å²) in [6.45, 7) is 0.510. The van der Waals surface area contributed by atoms with Crippen LogP contribution in [0.4, 0.5) is 0 Å². The topological polar surface area (TPSA) is 72.5 Å². The van der Waals surface area contributed by atoms with Gasteiger partial charge in [-0.25, -0.2) is 0 Å². The Morgan fingerprint density at radius 3 is 3.25 bits per heavy atom. The zero-order valence-electron chi connectivity index (χ0n) is 8.24. The fourth-order valence-electron chi connectivity index (χ4n) is 1.37. The highest BCUT2D eigenvalue weighted by Gasteiger charge is 2.20. The molecule has 1 aliphatic rings. The molecule has 0 saturated heterocycles. The van der Waals surface area contributed by atoms with Crippen LogP contribution in [0.3, 0.4) is 0 Å². The molecule has 1 aromatic rings. The molecule has 5 nitrogen and oxygen atoms in total. The molecule has 0 atom stereocenters. The summed E-state index contributed by atoms with van der Waals surface area (Å²) in [4.78, 5) is 4.18. The minimum atomic E-state index is 0.113. The van der Waals surface area contributed by atoms with Crippen LogP contribution < -0.4 is 15.9 Å². The largest absolute Gasteiger partial charge is 0.489 e. The second-order valence-electron chi connectivity index (χ2n) is 3.10. The fourth-order valence-corrected chi connectivity index (χ4v) is 1.61. The average molecular weight is 257 g/mol. The van der Waals surface area contributed by atoms with Crippen molar-refractivity contribution in [3.05, 3.63) is 23.0 Å². The van der Waals surface area contributed by atoms with Gasteiger partial charge in [-0.05, 0) is 18.3 Å². The normalized spacial score (nSPS) is 16.4. The Labute approximate surface area is 103 Å². The number of nitrogens with two attached hydrogens (primary N) is 1. The first-order valence-corrected chi connectivity index (χ1v) is 5.37. The van der Waals surface area contributed by atoms with E-state index in [2.05, 4.69) is 27.7 Å². The van der Waals surface area contributed by atoms with Gasteiger partial charge in [0.05, 0.1) is 17.3 Å². The Bertz CT molecular complexity index is 463. The Kier molecular flexibility index (Phi) is 3.21. The Morgan fingerprint density at radius 1 is 1.69 bits per heavy atom. The van der Waals surface area contributed by atoms with Crippen LogP contribution in [0.2, 0.25) is 5.02 Å². The van der Waals surface area contributed by atoms with Gasteiger partial charge in [-0.15, -0.1) is 0 Å². The monoisotopic (exact) mass is 256 g/mol. The predicted molar refractivity (Wildman–Crippen MR) is 65.8 cm³/mol. The quantitative estimate of drug-likeness (QED) is 0.581. The summed E-state index contributed by atoms with van der Waals surface area (Å²) in [6.07, 6.45) is 2.24. The van der Waals surface area contributed by atoms with Crippen molar-refractivity contribution in [1.29, 1.82) is 0 Å². The summed E-state index contributed by atoms with van der Waals surface area (Å²) in [5, 5.41) is 4.70. The van der Waals surface area contributed by atoms with Crippen LogP contribution >= 0.6 is 23.8 Å². The van der Waals surface area contributed by atoms with Crippen LogP contribution in [0.5, 0.6) is 5.75 Å². The third kappa shape index (κ3) is 2.23.